The Morgan fingerprint density at radius 1 is 1.67 bits per heavy atom. The number of nitrogens with one attached hydrogen (secondary N) is 1. The number of hydrogen-bond donors (Lipinski definition) is 1. The Kier molecular flexibility index (Phi) is 3.48. The van der Waals surface area contributed by atoms with E-state index in [0.29, 0.717) is 9.77 Å². The molecule has 1 heterocycles. The minimum Gasteiger partial charge on any atom is -0.367 e. The molecule has 2 rings (SSSR count). The topological polar surface area (TPSA) is 24.9 Å². The van der Waals surface area contributed by atoms with Gasteiger partial charge in [-0.2, -0.15) is 11.8 Å². The molecule has 0 spiro atoms. The molecular formula is C10H12BrClN2S. The van der Waals surface area contributed by atoms with Gasteiger partial charge < -0.3 is 5.32 Å². The second kappa shape index (κ2) is 4.52. The lowest BCUT2D eigenvalue weighted by atomic mass is 10.4. The molecule has 0 radical (unpaired) electrons. The monoisotopic (exact) mass is 306 g/mol. The summed E-state index contributed by atoms with van der Waals surface area (Å²) in [5, 5.41) is 3.98. The molecule has 1 aliphatic rings. The summed E-state index contributed by atoms with van der Waals surface area (Å²) in [6.45, 7) is 0.947. The van der Waals surface area contributed by atoms with Crippen LogP contribution in [0.25, 0.3) is 0 Å². The van der Waals surface area contributed by atoms with Crippen LogP contribution in [0, 0.1) is 0 Å². The lowest BCUT2D eigenvalue weighted by Crippen LogP contribution is -2.18. The Labute approximate surface area is 107 Å². The summed E-state index contributed by atoms with van der Waals surface area (Å²) < 4.78 is 1.34. The first-order valence-electron chi connectivity index (χ1n) is 4.75. The van der Waals surface area contributed by atoms with Gasteiger partial charge >= 0.3 is 0 Å². The molecule has 0 atom stereocenters. The van der Waals surface area contributed by atoms with Crippen molar-refractivity contribution in [2.24, 2.45) is 0 Å². The average molecular weight is 308 g/mol. The van der Waals surface area contributed by atoms with E-state index in [1.165, 1.54) is 12.8 Å². The van der Waals surface area contributed by atoms with Crippen LogP contribution in [0.2, 0.25) is 5.02 Å². The van der Waals surface area contributed by atoms with Gasteiger partial charge in [-0.1, -0.05) is 11.6 Å². The maximum atomic E-state index is 6.06. The molecule has 2 nitrogen and oxygen atoms in total. The van der Waals surface area contributed by atoms with E-state index in [1.807, 2.05) is 17.8 Å². The van der Waals surface area contributed by atoms with Crippen molar-refractivity contribution in [2.75, 3.05) is 18.1 Å². The van der Waals surface area contributed by atoms with Crippen LogP contribution in [0.3, 0.4) is 0 Å². The molecule has 0 unspecified atom stereocenters. The molecule has 1 aromatic rings. The number of thioether (sulfide) groups is 1. The Bertz CT molecular complexity index is 368. The standard InChI is InChI=1S/C10H12BrClN2S/c1-15-10(2-3-10)6-14-9-8(12)4-7(11)5-13-9/h4-5H,2-3,6H2,1H3,(H,13,14). The highest BCUT2D eigenvalue weighted by atomic mass is 79.9. The van der Waals surface area contributed by atoms with E-state index in [1.54, 1.807) is 6.20 Å². The lowest BCUT2D eigenvalue weighted by molar-refractivity contribution is 0.940. The molecule has 15 heavy (non-hydrogen) atoms. The molecule has 5 heteroatoms. The van der Waals surface area contributed by atoms with Gasteiger partial charge in [0.25, 0.3) is 0 Å². The van der Waals surface area contributed by atoms with E-state index < -0.39 is 0 Å². The minimum absolute atomic E-state index is 0.429. The third-order valence-corrected chi connectivity index (χ3v) is 4.77. The third kappa shape index (κ3) is 2.80. The summed E-state index contributed by atoms with van der Waals surface area (Å²) in [5.74, 6) is 0.778. The first-order valence-corrected chi connectivity index (χ1v) is 7.15. The fraction of sp³-hybridized carbons (Fsp3) is 0.500. The SMILES string of the molecule is CSC1(CNc2ncc(Br)cc2Cl)CC1. The molecule has 82 valence electrons. The van der Waals surface area contributed by atoms with Crippen LogP contribution in [0.15, 0.2) is 16.7 Å². The normalized spacial score (nSPS) is 17.5. The first-order chi connectivity index (χ1) is 7.15. The van der Waals surface area contributed by atoms with Crippen molar-refractivity contribution in [3.63, 3.8) is 0 Å². The van der Waals surface area contributed by atoms with Crippen LogP contribution in [-0.4, -0.2) is 22.5 Å². The van der Waals surface area contributed by atoms with Crippen LogP contribution in [0.4, 0.5) is 5.82 Å². The first kappa shape index (κ1) is 11.6. The second-order valence-corrected chi connectivity index (χ2v) is 6.32. The molecule has 1 N–H and O–H groups in total. The van der Waals surface area contributed by atoms with Crippen molar-refractivity contribution < 1.29 is 0 Å². The van der Waals surface area contributed by atoms with E-state index in [4.69, 9.17) is 11.6 Å². The molecule has 1 aromatic heterocycles. The van der Waals surface area contributed by atoms with Gasteiger partial charge in [-0.25, -0.2) is 4.98 Å². The van der Waals surface area contributed by atoms with E-state index in [-0.39, 0.29) is 0 Å². The number of rotatable bonds is 4. The van der Waals surface area contributed by atoms with Gasteiger partial charge in [0.05, 0.1) is 5.02 Å². The molecule has 1 aliphatic carbocycles. The van der Waals surface area contributed by atoms with Crippen LogP contribution < -0.4 is 5.32 Å². The highest BCUT2D eigenvalue weighted by Crippen LogP contribution is 2.47. The fourth-order valence-electron chi connectivity index (χ4n) is 1.38. The molecule has 0 amide bonds. The smallest absolute Gasteiger partial charge is 0.144 e. The average Bonchev–Trinajstić information content (AvgIpc) is 2.97. The summed E-state index contributed by atoms with van der Waals surface area (Å²) in [6.07, 6.45) is 6.49. The Balaban J connectivity index is 1.99. The maximum absolute atomic E-state index is 6.06. The van der Waals surface area contributed by atoms with Gasteiger partial charge in [0, 0.05) is 22.0 Å². The molecule has 1 saturated carbocycles. The zero-order valence-corrected chi connectivity index (χ0v) is 11.5. The second-order valence-electron chi connectivity index (χ2n) is 3.72. The highest BCUT2D eigenvalue weighted by Gasteiger charge is 2.41. The highest BCUT2D eigenvalue weighted by molar-refractivity contribution is 9.10. The van der Waals surface area contributed by atoms with Crippen LogP contribution in [0.5, 0.6) is 0 Å². The molecular weight excluding hydrogens is 296 g/mol. The van der Waals surface area contributed by atoms with Gasteiger partial charge in [-0.05, 0) is 41.1 Å². The summed E-state index contributed by atoms with van der Waals surface area (Å²) in [4.78, 5) is 4.24. The number of hydrogen-bond acceptors (Lipinski definition) is 3. The number of nitrogens with zero attached hydrogens (tertiary/aromatic N) is 1. The molecule has 0 aliphatic heterocycles. The Morgan fingerprint density at radius 2 is 2.40 bits per heavy atom. The summed E-state index contributed by atoms with van der Waals surface area (Å²) in [7, 11) is 0. The Hall–Kier alpha value is 0.0700. The Morgan fingerprint density at radius 3 is 2.93 bits per heavy atom. The van der Waals surface area contributed by atoms with E-state index >= 15 is 0 Å². The maximum Gasteiger partial charge on any atom is 0.144 e. The quantitative estimate of drug-likeness (QED) is 0.915. The zero-order valence-electron chi connectivity index (χ0n) is 8.39. The van der Waals surface area contributed by atoms with Crippen molar-refractivity contribution in [2.45, 2.75) is 17.6 Å². The molecule has 0 aromatic carbocycles. The van der Waals surface area contributed by atoms with Crippen molar-refractivity contribution >= 4 is 45.1 Å². The van der Waals surface area contributed by atoms with Crippen molar-refractivity contribution in [3.05, 3.63) is 21.8 Å². The summed E-state index contributed by atoms with van der Waals surface area (Å²) in [5.41, 5.74) is 0. The van der Waals surface area contributed by atoms with Gasteiger partial charge in [0.1, 0.15) is 5.82 Å². The predicted octanol–water partition coefficient (Wildman–Crippen LogP) is 3.81. The number of aromatic nitrogens is 1. The fourth-order valence-corrected chi connectivity index (χ4v) is 2.81. The molecule has 0 bridgehead atoms. The number of halogens is 2. The van der Waals surface area contributed by atoms with Crippen molar-refractivity contribution in [1.82, 2.24) is 4.98 Å². The van der Waals surface area contributed by atoms with Crippen LogP contribution >= 0.6 is 39.3 Å². The largest absolute Gasteiger partial charge is 0.367 e. The summed E-state index contributed by atoms with van der Waals surface area (Å²) in [6, 6.07) is 1.86. The molecule has 0 saturated heterocycles. The van der Waals surface area contributed by atoms with Gasteiger partial charge in [-0.3, -0.25) is 0 Å². The lowest BCUT2D eigenvalue weighted by Gasteiger charge is -2.14. The van der Waals surface area contributed by atoms with Crippen LogP contribution in [0.1, 0.15) is 12.8 Å². The number of pyridine rings is 1. The van der Waals surface area contributed by atoms with Gasteiger partial charge in [-0.15, -0.1) is 0 Å². The number of anilines is 1. The van der Waals surface area contributed by atoms with Gasteiger partial charge in [0.15, 0.2) is 0 Å². The van der Waals surface area contributed by atoms with E-state index in [9.17, 15) is 0 Å². The van der Waals surface area contributed by atoms with Crippen molar-refractivity contribution in [3.8, 4) is 0 Å². The van der Waals surface area contributed by atoms with E-state index in [0.717, 1.165) is 16.8 Å². The summed E-state index contributed by atoms with van der Waals surface area (Å²) >= 11 is 11.3. The van der Waals surface area contributed by atoms with Gasteiger partial charge in [0.2, 0.25) is 0 Å². The van der Waals surface area contributed by atoms with E-state index in [2.05, 4.69) is 32.5 Å². The third-order valence-electron chi connectivity index (χ3n) is 2.63. The zero-order chi connectivity index (χ0) is 10.9. The molecule has 1 fully saturated rings. The van der Waals surface area contributed by atoms with Crippen LogP contribution in [-0.2, 0) is 0 Å². The van der Waals surface area contributed by atoms with Crippen molar-refractivity contribution in [1.29, 1.82) is 0 Å². The minimum atomic E-state index is 0.429. The predicted molar refractivity (Wildman–Crippen MR) is 70.9 cm³/mol.